The van der Waals surface area contributed by atoms with E-state index in [9.17, 15) is 18.0 Å². The molecule has 10 heteroatoms. The average molecular weight is 481 g/mol. The van der Waals surface area contributed by atoms with Crippen LogP contribution in [0.1, 0.15) is 10.4 Å². The molecule has 0 spiro atoms. The number of benzene rings is 3. The second-order valence-electron chi connectivity index (χ2n) is 7.61. The highest BCUT2D eigenvalue weighted by Crippen LogP contribution is 2.26. The summed E-state index contributed by atoms with van der Waals surface area (Å²) < 4.78 is 33.5. The smallest absolute Gasteiger partial charge is 0.262 e. The zero-order valence-electron chi connectivity index (χ0n) is 18.4. The maximum absolute atomic E-state index is 12.9. The van der Waals surface area contributed by atoms with Crippen LogP contribution in [0.2, 0.25) is 0 Å². The lowest BCUT2D eigenvalue weighted by molar-refractivity contribution is -0.120. The lowest BCUT2D eigenvalue weighted by Gasteiger charge is -2.28. The topological polar surface area (TPSA) is 117 Å². The molecule has 1 fully saturated rings. The van der Waals surface area contributed by atoms with Crippen LogP contribution in [0.3, 0.4) is 0 Å². The molecule has 1 aliphatic rings. The number of hydrogen-bond donors (Lipinski definition) is 3. The van der Waals surface area contributed by atoms with Crippen LogP contribution in [0.25, 0.3) is 0 Å². The fraction of sp³-hybridized carbons (Fsp3) is 0.167. The number of carbonyl (C=O) groups is 2. The van der Waals surface area contributed by atoms with Gasteiger partial charge < -0.3 is 20.3 Å². The van der Waals surface area contributed by atoms with E-state index in [-0.39, 0.29) is 22.9 Å². The van der Waals surface area contributed by atoms with E-state index >= 15 is 0 Å². The molecule has 0 bridgehead atoms. The summed E-state index contributed by atoms with van der Waals surface area (Å²) in [6, 6.07) is 19.6. The predicted octanol–water partition coefficient (Wildman–Crippen LogP) is 2.68. The van der Waals surface area contributed by atoms with Crippen LogP contribution in [0.4, 0.5) is 17.1 Å². The molecule has 4 rings (SSSR count). The SMILES string of the molecule is COc1ccccc1NS(=O)(=O)c1cccc(C(=O)Nc2ccc(N3CCNC(=O)C3)cc2)c1. The largest absolute Gasteiger partial charge is 0.495 e. The van der Waals surface area contributed by atoms with E-state index in [0.29, 0.717) is 30.2 Å². The Labute approximate surface area is 197 Å². The van der Waals surface area contributed by atoms with Crippen LogP contribution < -0.4 is 25.0 Å². The molecule has 3 N–H and O–H groups in total. The first kappa shape index (κ1) is 23.1. The lowest BCUT2D eigenvalue weighted by Crippen LogP contribution is -2.47. The summed E-state index contributed by atoms with van der Waals surface area (Å²) in [7, 11) is -2.49. The highest BCUT2D eigenvalue weighted by molar-refractivity contribution is 7.92. The van der Waals surface area contributed by atoms with E-state index in [1.165, 1.54) is 31.4 Å². The lowest BCUT2D eigenvalue weighted by atomic mass is 10.2. The van der Waals surface area contributed by atoms with Gasteiger partial charge in [-0.3, -0.25) is 14.3 Å². The number of carbonyl (C=O) groups excluding carboxylic acids is 2. The second kappa shape index (κ2) is 9.84. The van der Waals surface area contributed by atoms with Crippen LogP contribution in [0, 0.1) is 0 Å². The van der Waals surface area contributed by atoms with Crippen LogP contribution >= 0.6 is 0 Å². The zero-order valence-corrected chi connectivity index (χ0v) is 19.3. The minimum Gasteiger partial charge on any atom is -0.495 e. The Morgan fingerprint density at radius 2 is 1.79 bits per heavy atom. The Morgan fingerprint density at radius 1 is 1.03 bits per heavy atom. The van der Waals surface area contributed by atoms with Crippen molar-refractivity contribution in [1.82, 2.24) is 5.32 Å². The number of anilines is 3. The molecule has 0 radical (unpaired) electrons. The molecule has 34 heavy (non-hydrogen) atoms. The number of methoxy groups -OCH3 is 1. The summed E-state index contributed by atoms with van der Waals surface area (Å²) in [5.41, 5.74) is 1.92. The first-order chi connectivity index (χ1) is 16.4. The van der Waals surface area contributed by atoms with Crippen molar-refractivity contribution in [2.45, 2.75) is 4.90 Å². The van der Waals surface area contributed by atoms with Gasteiger partial charge in [0.2, 0.25) is 5.91 Å². The zero-order chi connectivity index (χ0) is 24.1. The van der Waals surface area contributed by atoms with E-state index in [1.54, 1.807) is 36.4 Å². The third-order valence-corrected chi connectivity index (χ3v) is 6.65. The van der Waals surface area contributed by atoms with Crippen molar-refractivity contribution in [3.8, 4) is 5.75 Å². The molecular formula is C24H24N4O5S. The van der Waals surface area contributed by atoms with Crippen molar-refractivity contribution < 1.29 is 22.7 Å². The number of nitrogens with zero attached hydrogens (tertiary/aromatic N) is 1. The maximum atomic E-state index is 12.9. The molecular weight excluding hydrogens is 456 g/mol. The minimum absolute atomic E-state index is 0.0290. The number of para-hydroxylation sites is 2. The van der Waals surface area contributed by atoms with Crippen molar-refractivity contribution >= 4 is 38.9 Å². The van der Waals surface area contributed by atoms with Crippen LogP contribution in [0.15, 0.2) is 77.7 Å². The Hall–Kier alpha value is -4.05. The molecule has 3 aromatic carbocycles. The molecule has 1 heterocycles. The van der Waals surface area contributed by atoms with Crippen molar-refractivity contribution in [2.75, 3.05) is 41.7 Å². The molecule has 0 saturated carbocycles. The van der Waals surface area contributed by atoms with Gasteiger partial charge in [-0.2, -0.15) is 0 Å². The van der Waals surface area contributed by atoms with E-state index < -0.39 is 15.9 Å². The van der Waals surface area contributed by atoms with Crippen molar-refractivity contribution in [1.29, 1.82) is 0 Å². The molecule has 0 unspecified atom stereocenters. The number of nitrogens with one attached hydrogen (secondary N) is 3. The van der Waals surface area contributed by atoms with Gasteiger partial charge in [-0.1, -0.05) is 18.2 Å². The van der Waals surface area contributed by atoms with Gasteiger partial charge in [0.1, 0.15) is 5.75 Å². The predicted molar refractivity (Wildman–Crippen MR) is 130 cm³/mol. The first-order valence-electron chi connectivity index (χ1n) is 10.5. The van der Waals surface area contributed by atoms with Gasteiger partial charge in [0, 0.05) is 30.0 Å². The molecule has 1 aliphatic heterocycles. The molecule has 0 atom stereocenters. The fourth-order valence-electron chi connectivity index (χ4n) is 3.55. The van der Waals surface area contributed by atoms with E-state index in [2.05, 4.69) is 15.4 Å². The van der Waals surface area contributed by atoms with Gasteiger partial charge >= 0.3 is 0 Å². The number of hydrogen-bond acceptors (Lipinski definition) is 6. The number of ether oxygens (including phenoxy) is 1. The summed E-state index contributed by atoms with van der Waals surface area (Å²) in [6.07, 6.45) is 0. The van der Waals surface area contributed by atoms with Crippen molar-refractivity contribution in [3.05, 3.63) is 78.4 Å². The highest BCUT2D eigenvalue weighted by Gasteiger charge is 2.19. The number of rotatable bonds is 7. The normalized spacial score (nSPS) is 13.7. The van der Waals surface area contributed by atoms with Gasteiger partial charge in [0.05, 0.1) is 24.2 Å². The Kier molecular flexibility index (Phi) is 6.69. The van der Waals surface area contributed by atoms with Crippen molar-refractivity contribution in [2.24, 2.45) is 0 Å². The van der Waals surface area contributed by atoms with Crippen molar-refractivity contribution in [3.63, 3.8) is 0 Å². The summed E-state index contributed by atoms with van der Waals surface area (Å²) in [4.78, 5) is 26.3. The molecule has 176 valence electrons. The third-order valence-electron chi connectivity index (χ3n) is 5.29. The second-order valence-corrected chi connectivity index (χ2v) is 9.29. The van der Waals surface area contributed by atoms with E-state index in [1.807, 2.05) is 17.0 Å². The molecule has 9 nitrogen and oxygen atoms in total. The third kappa shape index (κ3) is 5.29. The number of amides is 2. The molecule has 2 amide bonds. The standard InChI is InChI=1S/C24H24N4O5S/c1-33-22-8-3-2-7-21(22)27-34(31,32)20-6-4-5-17(15-20)24(30)26-18-9-11-19(12-10-18)28-14-13-25-23(29)16-28/h2-12,15,27H,13-14,16H2,1H3,(H,25,29)(H,26,30). The maximum Gasteiger partial charge on any atom is 0.262 e. The quantitative estimate of drug-likeness (QED) is 0.479. The monoisotopic (exact) mass is 480 g/mol. The average Bonchev–Trinajstić information content (AvgIpc) is 2.85. The summed E-state index contributed by atoms with van der Waals surface area (Å²) >= 11 is 0. The number of piperazine rings is 1. The molecule has 0 aliphatic carbocycles. The van der Waals surface area contributed by atoms with Gasteiger partial charge in [-0.05, 0) is 54.6 Å². The summed E-state index contributed by atoms with van der Waals surface area (Å²) in [6.45, 7) is 1.58. The first-order valence-corrected chi connectivity index (χ1v) is 12.0. The molecule has 0 aromatic heterocycles. The van der Waals surface area contributed by atoms with Gasteiger partial charge in [-0.15, -0.1) is 0 Å². The van der Waals surface area contributed by atoms with Crippen LogP contribution in [0.5, 0.6) is 5.75 Å². The van der Waals surface area contributed by atoms with Crippen LogP contribution in [-0.4, -0.2) is 47.0 Å². The fourth-order valence-corrected chi connectivity index (χ4v) is 4.67. The van der Waals surface area contributed by atoms with E-state index in [4.69, 9.17) is 4.74 Å². The van der Waals surface area contributed by atoms with Gasteiger partial charge in [-0.25, -0.2) is 8.42 Å². The van der Waals surface area contributed by atoms with Gasteiger partial charge in [0.25, 0.3) is 15.9 Å². The van der Waals surface area contributed by atoms with Gasteiger partial charge in [0.15, 0.2) is 0 Å². The minimum atomic E-state index is -3.95. The summed E-state index contributed by atoms with van der Waals surface area (Å²) in [5, 5.41) is 5.55. The molecule has 3 aromatic rings. The summed E-state index contributed by atoms with van der Waals surface area (Å²) in [5.74, 6) is -0.0910. The Morgan fingerprint density at radius 3 is 2.53 bits per heavy atom. The molecule has 1 saturated heterocycles. The Balaban J connectivity index is 1.47. The number of sulfonamides is 1. The Bertz CT molecular complexity index is 1310. The van der Waals surface area contributed by atoms with E-state index in [0.717, 1.165) is 5.69 Å². The van der Waals surface area contributed by atoms with Crippen LogP contribution in [-0.2, 0) is 14.8 Å². The highest BCUT2D eigenvalue weighted by atomic mass is 32.2.